The number of hydrogen-bond donors (Lipinski definition) is 0. The first-order chi connectivity index (χ1) is 8.70. The minimum Gasteiger partial charge on any atom is -0.466 e. The Hall–Kier alpha value is -1.84. The molecule has 18 heavy (non-hydrogen) atoms. The molecule has 1 aliphatic carbocycles. The summed E-state index contributed by atoms with van der Waals surface area (Å²) in [6, 6.07) is 6.05. The maximum Gasteiger partial charge on any atom is 0.309 e. The van der Waals surface area contributed by atoms with Crippen molar-refractivity contribution in [3.05, 3.63) is 35.8 Å². The quantitative estimate of drug-likeness (QED) is 0.778. The Morgan fingerprint density at radius 1 is 1.56 bits per heavy atom. The summed E-state index contributed by atoms with van der Waals surface area (Å²) in [5, 5.41) is 0. The average Bonchev–Trinajstić information content (AvgIpc) is 3.03. The van der Waals surface area contributed by atoms with Crippen LogP contribution in [0.2, 0.25) is 0 Å². The lowest BCUT2D eigenvalue weighted by atomic mass is 10.2. The van der Waals surface area contributed by atoms with E-state index in [2.05, 4.69) is 15.5 Å². The molecule has 2 unspecified atom stereocenters. The number of rotatable bonds is 3. The number of carbonyl (C=O) groups excluding carboxylic acids is 1. The van der Waals surface area contributed by atoms with Crippen LogP contribution >= 0.6 is 0 Å². The summed E-state index contributed by atoms with van der Waals surface area (Å²) in [4.78, 5) is 16.1. The van der Waals surface area contributed by atoms with Gasteiger partial charge in [0, 0.05) is 17.8 Å². The molecule has 1 fully saturated rings. The number of aromatic nitrogens is 2. The summed E-state index contributed by atoms with van der Waals surface area (Å²) >= 11 is 0. The number of ether oxygens (including phenoxy) is 1. The highest BCUT2D eigenvalue weighted by molar-refractivity contribution is 5.77. The van der Waals surface area contributed by atoms with E-state index in [0.29, 0.717) is 6.61 Å². The number of nitrogens with zero attached hydrogens (tertiary/aromatic N) is 2. The smallest absolute Gasteiger partial charge is 0.309 e. The molecule has 4 heteroatoms. The average molecular weight is 244 g/mol. The van der Waals surface area contributed by atoms with Gasteiger partial charge in [0.25, 0.3) is 0 Å². The third-order valence-electron chi connectivity index (χ3n) is 3.40. The Bertz CT molecular complexity index is 603. The molecular weight excluding hydrogens is 228 g/mol. The lowest BCUT2D eigenvalue weighted by molar-refractivity contribution is -0.144. The maximum atomic E-state index is 11.7. The SMILES string of the molecule is CCOC(=O)C1CC1c1cccc2nc(C)cn12. The minimum atomic E-state index is -0.0728. The predicted molar refractivity (Wildman–Crippen MR) is 67.4 cm³/mol. The molecule has 94 valence electrons. The van der Waals surface area contributed by atoms with Crippen molar-refractivity contribution >= 4 is 11.6 Å². The number of esters is 1. The van der Waals surface area contributed by atoms with Gasteiger partial charge in [-0.1, -0.05) is 6.07 Å². The summed E-state index contributed by atoms with van der Waals surface area (Å²) < 4.78 is 7.15. The van der Waals surface area contributed by atoms with Crippen LogP contribution in [0.1, 0.15) is 30.7 Å². The van der Waals surface area contributed by atoms with Gasteiger partial charge in [0.2, 0.25) is 0 Å². The molecular formula is C14H16N2O2. The summed E-state index contributed by atoms with van der Waals surface area (Å²) in [5.74, 6) is 0.232. The van der Waals surface area contributed by atoms with Gasteiger partial charge in [-0.2, -0.15) is 0 Å². The van der Waals surface area contributed by atoms with Crippen molar-refractivity contribution in [2.75, 3.05) is 6.61 Å². The van der Waals surface area contributed by atoms with E-state index in [1.54, 1.807) is 0 Å². The first-order valence-electron chi connectivity index (χ1n) is 6.32. The summed E-state index contributed by atoms with van der Waals surface area (Å²) in [7, 11) is 0. The molecule has 0 N–H and O–H groups in total. The number of pyridine rings is 1. The third-order valence-corrected chi connectivity index (χ3v) is 3.40. The van der Waals surface area contributed by atoms with E-state index in [4.69, 9.17) is 4.74 Å². The maximum absolute atomic E-state index is 11.7. The fraction of sp³-hybridized carbons (Fsp3) is 0.429. The molecule has 2 heterocycles. The second-order valence-corrected chi connectivity index (χ2v) is 4.76. The Kier molecular flexibility index (Phi) is 2.58. The Morgan fingerprint density at radius 2 is 2.39 bits per heavy atom. The second kappa shape index (κ2) is 4.12. The predicted octanol–water partition coefficient (Wildman–Crippen LogP) is 2.31. The van der Waals surface area contributed by atoms with Gasteiger partial charge < -0.3 is 9.14 Å². The number of fused-ring (bicyclic) bond motifs is 1. The number of hydrogen-bond acceptors (Lipinski definition) is 3. The van der Waals surface area contributed by atoms with Crippen LogP contribution in [-0.4, -0.2) is 22.0 Å². The van der Waals surface area contributed by atoms with E-state index >= 15 is 0 Å². The van der Waals surface area contributed by atoms with Gasteiger partial charge in [0.05, 0.1) is 18.2 Å². The van der Waals surface area contributed by atoms with Gasteiger partial charge in [-0.3, -0.25) is 4.79 Å². The standard InChI is InChI=1S/C14H16N2O2/c1-3-18-14(17)11-7-10(11)12-5-4-6-13-15-9(2)8-16(12)13/h4-6,8,10-11H,3,7H2,1-2H3. The van der Waals surface area contributed by atoms with E-state index in [-0.39, 0.29) is 17.8 Å². The minimum absolute atomic E-state index is 0.0262. The van der Waals surface area contributed by atoms with Crippen LogP contribution in [0.3, 0.4) is 0 Å². The normalized spacial score (nSPS) is 22.1. The molecule has 0 saturated heterocycles. The van der Waals surface area contributed by atoms with E-state index in [0.717, 1.165) is 23.5 Å². The lowest BCUT2D eigenvalue weighted by Gasteiger charge is -2.04. The Balaban J connectivity index is 1.90. The van der Waals surface area contributed by atoms with Crippen molar-refractivity contribution in [3.8, 4) is 0 Å². The monoisotopic (exact) mass is 244 g/mol. The number of aryl methyl sites for hydroxylation is 1. The lowest BCUT2D eigenvalue weighted by Crippen LogP contribution is -2.08. The van der Waals surface area contributed by atoms with Gasteiger partial charge in [-0.25, -0.2) is 4.98 Å². The molecule has 3 rings (SSSR count). The molecule has 2 atom stereocenters. The van der Waals surface area contributed by atoms with Gasteiger partial charge in [0.1, 0.15) is 5.65 Å². The molecule has 0 aliphatic heterocycles. The zero-order valence-corrected chi connectivity index (χ0v) is 10.6. The molecule has 0 amide bonds. The first kappa shape index (κ1) is 11.3. The van der Waals surface area contributed by atoms with Crippen molar-refractivity contribution in [1.29, 1.82) is 0 Å². The fourth-order valence-corrected chi connectivity index (χ4v) is 2.49. The van der Waals surface area contributed by atoms with Gasteiger partial charge in [0.15, 0.2) is 0 Å². The van der Waals surface area contributed by atoms with Crippen LogP contribution in [-0.2, 0) is 9.53 Å². The van der Waals surface area contributed by atoms with Crippen LogP contribution in [0.15, 0.2) is 24.4 Å². The summed E-state index contributed by atoms with van der Waals surface area (Å²) in [6.07, 6.45) is 2.90. The van der Waals surface area contributed by atoms with Gasteiger partial charge in [-0.05, 0) is 32.4 Å². The molecule has 0 bridgehead atoms. The van der Waals surface area contributed by atoms with Crippen LogP contribution in [0.4, 0.5) is 0 Å². The fourth-order valence-electron chi connectivity index (χ4n) is 2.49. The largest absolute Gasteiger partial charge is 0.466 e. The zero-order valence-electron chi connectivity index (χ0n) is 10.6. The van der Waals surface area contributed by atoms with E-state index in [1.165, 1.54) is 0 Å². The Morgan fingerprint density at radius 3 is 3.17 bits per heavy atom. The molecule has 1 aliphatic rings. The summed E-state index contributed by atoms with van der Waals surface area (Å²) in [5.41, 5.74) is 3.10. The molecule has 0 spiro atoms. The number of carbonyl (C=O) groups is 1. The molecule has 4 nitrogen and oxygen atoms in total. The topological polar surface area (TPSA) is 43.6 Å². The van der Waals surface area contributed by atoms with Gasteiger partial charge >= 0.3 is 5.97 Å². The van der Waals surface area contributed by atoms with E-state index in [1.807, 2.05) is 32.2 Å². The molecule has 1 saturated carbocycles. The molecule has 2 aromatic rings. The first-order valence-corrected chi connectivity index (χ1v) is 6.32. The molecule has 2 aromatic heterocycles. The second-order valence-electron chi connectivity index (χ2n) is 4.76. The van der Waals surface area contributed by atoms with Crippen molar-refractivity contribution in [2.24, 2.45) is 5.92 Å². The highest BCUT2D eigenvalue weighted by Crippen LogP contribution is 2.48. The highest BCUT2D eigenvalue weighted by atomic mass is 16.5. The van der Waals surface area contributed by atoms with Crippen molar-refractivity contribution < 1.29 is 9.53 Å². The Labute approximate surface area is 106 Å². The van der Waals surface area contributed by atoms with Crippen molar-refractivity contribution in [1.82, 2.24) is 9.38 Å². The third kappa shape index (κ3) is 1.78. The molecule has 0 aromatic carbocycles. The highest BCUT2D eigenvalue weighted by Gasteiger charge is 2.46. The van der Waals surface area contributed by atoms with Crippen LogP contribution in [0.5, 0.6) is 0 Å². The van der Waals surface area contributed by atoms with Crippen molar-refractivity contribution in [3.63, 3.8) is 0 Å². The van der Waals surface area contributed by atoms with E-state index < -0.39 is 0 Å². The molecule has 0 radical (unpaired) electrons. The number of imidazole rings is 1. The van der Waals surface area contributed by atoms with Gasteiger partial charge in [-0.15, -0.1) is 0 Å². The van der Waals surface area contributed by atoms with Crippen LogP contribution in [0, 0.1) is 12.8 Å². The van der Waals surface area contributed by atoms with Crippen molar-refractivity contribution in [2.45, 2.75) is 26.2 Å². The zero-order chi connectivity index (χ0) is 12.7. The van der Waals surface area contributed by atoms with E-state index in [9.17, 15) is 4.79 Å². The summed E-state index contributed by atoms with van der Waals surface area (Å²) in [6.45, 7) is 4.28. The van der Waals surface area contributed by atoms with Crippen LogP contribution in [0.25, 0.3) is 5.65 Å². The van der Waals surface area contributed by atoms with Crippen LogP contribution < -0.4 is 0 Å².